The van der Waals surface area contributed by atoms with E-state index in [4.69, 9.17) is 4.74 Å². The van der Waals surface area contributed by atoms with Gasteiger partial charge in [-0.1, -0.05) is 13.0 Å². The molecule has 0 saturated carbocycles. The van der Waals surface area contributed by atoms with Gasteiger partial charge in [-0.25, -0.2) is 0 Å². The summed E-state index contributed by atoms with van der Waals surface area (Å²) in [6, 6.07) is 0. The predicted octanol–water partition coefficient (Wildman–Crippen LogP) is 2.38. The second-order valence-corrected chi connectivity index (χ2v) is 3.13. The van der Waals surface area contributed by atoms with Crippen LogP contribution >= 0.6 is 0 Å². The summed E-state index contributed by atoms with van der Waals surface area (Å²) in [5.41, 5.74) is 1.49. The van der Waals surface area contributed by atoms with Gasteiger partial charge in [-0.15, -0.1) is 0 Å². The minimum Gasteiger partial charge on any atom is -0.380 e. The highest BCUT2D eigenvalue weighted by Gasteiger charge is 2.08. The Kier molecular flexibility index (Phi) is 2.94. The van der Waals surface area contributed by atoms with Crippen LogP contribution in [0.3, 0.4) is 0 Å². The highest BCUT2D eigenvalue weighted by Crippen LogP contribution is 2.21. The largest absolute Gasteiger partial charge is 0.380 e. The normalized spacial score (nSPS) is 26.2. The molecular weight excluding hydrogens is 124 g/mol. The van der Waals surface area contributed by atoms with Crippen LogP contribution in [-0.4, -0.2) is 13.7 Å². The summed E-state index contributed by atoms with van der Waals surface area (Å²) < 4.78 is 5.06. The molecule has 0 spiro atoms. The van der Waals surface area contributed by atoms with Crippen LogP contribution in [0, 0.1) is 5.92 Å². The van der Waals surface area contributed by atoms with Crippen molar-refractivity contribution in [1.29, 1.82) is 0 Å². The van der Waals surface area contributed by atoms with Crippen molar-refractivity contribution in [3.8, 4) is 0 Å². The highest BCUT2D eigenvalue weighted by atomic mass is 16.5. The number of methoxy groups -OCH3 is 1. The lowest BCUT2D eigenvalue weighted by Gasteiger charge is -2.16. The molecule has 0 aromatic carbocycles. The SMILES string of the molecule is COCC1=CC(C)CCC1. The van der Waals surface area contributed by atoms with Crippen LogP contribution in [-0.2, 0) is 4.74 Å². The van der Waals surface area contributed by atoms with Gasteiger partial charge in [0.25, 0.3) is 0 Å². The fourth-order valence-electron chi connectivity index (χ4n) is 1.53. The minimum absolute atomic E-state index is 0.777. The zero-order chi connectivity index (χ0) is 7.40. The number of rotatable bonds is 2. The van der Waals surface area contributed by atoms with Gasteiger partial charge in [0.15, 0.2) is 0 Å². The predicted molar refractivity (Wildman–Crippen MR) is 43.0 cm³/mol. The standard InChI is InChI=1S/C9H16O/c1-8-4-3-5-9(6-8)7-10-2/h6,8H,3-5,7H2,1-2H3. The van der Waals surface area contributed by atoms with E-state index in [-0.39, 0.29) is 0 Å². The monoisotopic (exact) mass is 140 g/mol. The van der Waals surface area contributed by atoms with Crippen molar-refractivity contribution in [2.75, 3.05) is 13.7 Å². The van der Waals surface area contributed by atoms with Gasteiger partial charge >= 0.3 is 0 Å². The lowest BCUT2D eigenvalue weighted by Crippen LogP contribution is -2.04. The molecule has 58 valence electrons. The Morgan fingerprint density at radius 2 is 2.50 bits per heavy atom. The molecule has 0 radical (unpaired) electrons. The van der Waals surface area contributed by atoms with Crippen LogP contribution in [0.25, 0.3) is 0 Å². The molecule has 1 heteroatoms. The molecule has 0 aliphatic heterocycles. The van der Waals surface area contributed by atoms with Crippen LogP contribution in [0.4, 0.5) is 0 Å². The third-order valence-corrected chi connectivity index (χ3v) is 2.01. The zero-order valence-electron chi connectivity index (χ0n) is 6.89. The van der Waals surface area contributed by atoms with E-state index in [0.29, 0.717) is 0 Å². The second-order valence-electron chi connectivity index (χ2n) is 3.13. The minimum atomic E-state index is 0.777. The Bertz CT molecular complexity index is 127. The summed E-state index contributed by atoms with van der Waals surface area (Å²) in [7, 11) is 1.76. The van der Waals surface area contributed by atoms with Crippen molar-refractivity contribution < 1.29 is 4.74 Å². The summed E-state index contributed by atoms with van der Waals surface area (Å²) in [6.45, 7) is 3.11. The molecule has 1 atom stereocenters. The number of hydrogen-bond donors (Lipinski definition) is 0. The highest BCUT2D eigenvalue weighted by molar-refractivity contribution is 5.07. The van der Waals surface area contributed by atoms with E-state index in [9.17, 15) is 0 Å². The molecule has 0 fully saturated rings. The Morgan fingerprint density at radius 3 is 3.10 bits per heavy atom. The van der Waals surface area contributed by atoms with Crippen LogP contribution in [0.2, 0.25) is 0 Å². The Hall–Kier alpha value is -0.300. The first-order valence-electron chi connectivity index (χ1n) is 4.01. The van der Waals surface area contributed by atoms with Crippen LogP contribution < -0.4 is 0 Å². The maximum absolute atomic E-state index is 5.06. The number of ether oxygens (including phenoxy) is 1. The molecule has 1 aliphatic rings. The van der Waals surface area contributed by atoms with Gasteiger partial charge in [-0.3, -0.25) is 0 Å². The fourth-order valence-corrected chi connectivity index (χ4v) is 1.53. The first kappa shape index (κ1) is 7.80. The summed E-state index contributed by atoms with van der Waals surface area (Å²) in [5.74, 6) is 0.777. The van der Waals surface area contributed by atoms with Crippen molar-refractivity contribution >= 4 is 0 Å². The van der Waals surface area contributed by atoms with Gasteiger partial charge in [0.2, 0.25) is 0 Å². The van der Waals surface area contributed by atoms with E-state index < -0.39 is 0 Å². The van der Waals surface area contributed by atoms with E-state index >= 15 is 0 Å². The summed E-state index contributed by atoms with van der Waals surface area (Å²) in [6.07, 6.45) is 6.30. The molecule has 0 bridgehead atoms. The van der Waals surface area contributed by atoms with E-state index in [2.05, 4.69) is 13.0 Å². The Morgan fingerprint density at radius 1 is 1.70 bits per heavy atom. The molecule has 1 nitrogen and oxygen atoms in total. The molecule has 0 saturated heterocycles. The van der Waals surface area contributed by atoms with Crippen LogP contribution in [0.1, 0.15) is 26.2 Å². The van der Waals surface area contributed by atoms with Crippen molar-refractivity contribution in [2.24, 2.45) is 5.92 Å². The van der Waals surface area contributed by atoms with Gasteiger partial charge in [-0.2, -0.15) is 0 Å². The maximum Gasteiger partial charge on any atom is 0.0673 e. The number of allylic oxidation sites excluding steroid dienone is 1. The second kappa shape index (κ2) is 3.77. The third kappa shape index (κ3) is 2.14. The molecule has 0 heterocycles. The van der Waals surface area contributed by atoms with Gasteiger partial charge in [-0.05, 0) is 30.8 Å². The third-order valence-electron chi connectivity index (χ3n) is 2.01. The lowest BCUT2D eigenvalue weighted by atomic mass is 9.92. The fraction of sp³-hybridized carbons (Fsp3) is 0.778. The Labute approximate surface area is 63.1 Å². The van der Waals surface area contributed by atoms with E-state index in [0.717, 1.165) is 12.5 Å². The maximum atomic E-state index is 5.06. The molecule has 0 N–H and O–H groups in total. The van der Waals surface area contributed by atoms with Crippen molar-refractivity contribution in [3.63, 3.8) is 0 Å². The summed E-state index contributed by atoms with van der Waals surface area (Å²) in [4.78, 5) is 0. The quantitative estimate of drug-likeness (QED) is 0.535. The molecular formula is C9H16O. The molecule has 0 aromatic rings. The van der Waals surface area contributed by atoms with E-state index in [1.807, 2.05) is 0 Å². The molecule has 1 aliphatic carbocycles. The van der Waals surface area contributed by atoms with Crippen molar-refractivity contribution in [3.05, 3.63) is 11.6 Å². The van der Waals surface area contributed by atoms with Crippen LogP contribution in [0.15, 0.2) is 11.6 Å². The van der Waals surface area contributed by atoms with Crippen molar-refractivity contribution in [1.82, 2.24) is 0 Å². The van der Waals surface area contributed by atoms with Crippen molar-refractivity contribution in [2.45, 2.75) is 26.2 Å². The first-order chi connectivity index (χ1) is 4.83. The molecule has 1 unspecified atom stereocenters. The summed E-state index contributed by atoms with van der Waals surface area (Å²) in [5, 5.41) is 0. The average Bonchev–Trinajstić information content (AvgIpc) is 1.88. The van der Waals surface area contributed by atoms with E-state index in [1.165, 1.54) is 24.8 Å². The summed E-state index contributed by atoms with van der Waals surface area (Å²) >= 11 is 0. The van der Waals surface area contributed by atoms with Gasteiger partial charge in [0, 0.05) is 7.11 Å². The topological polar surface area (TPSA) is 9.23 Å². The first-order valence-corrected chi connectivity index (χ1v) is 4.01. The van der Waals surface area contributed by atoms with Gasteiger partial charge < -0.3 is 4.74 Å². The molecule has 1 rings (SSSR count). The van der Waals surface area contributed by atoms with E-state index in [1.54, 1.807) is 7.11 Å². The lowest BCUT2D eigenvalue weighted by molar-refractivity contribution is 0.220. The smallest absolute Gasteiger partial charge is 0.0673 e. The Balaban J connectivity index is 2.41. The van der Waals surface area contributed by atoms with Gasteiger partial charge in [0.1, 0.15) is 0 Å². The average molecular weight is 140 g/mol. The number of hydrogen-bond acceptors (Lipinski definition) is 1. The zero-order valence-corrected chi connectivity index (χ0v) is 6.89. The molecule has 0 amide bonds. The molecule has 10 heavy (non-hydrogen) atoms. The van der Waals surface area contributed by atoms with Gasteiger partial charge in [0.05, 0.1) is 6.61 Å². The van der Waals surface area contributed by atoms with Crippen LogP contribution in [0.5, 0.6) is 0 Å². The molecule has 0 aromatic heterocycles.